The first kappa shape index (κ1) is 26.8. The molecule has 3 aromatic rings. The SMILES string of the molecule is CCN1N=C2CNC(C(=O)[C@@H](Cc3c[nH]c4ccccc34)NC(=O)C(C)(C)N)CC2(Cc2ccccc2)C1=O. The van der Waals surface area contributed by atoms with Crippen molar-refractivity contribution >= 4 is 34.2 Å². The number of aromatic amines is 1. The number of para-hydroxylation sites is 1. The minimum atomic E-state index is -1.16. The third kappa shape index (κ3) is 5.12. The van der Waals surface area contributed by atoms with E-state index in [2.05, 4.69) is 20.7 Å². The van der Waals surface area contributed by atoms with Crippen LogP contribution in [0.4, 0.5) is 0 Å². The quantitative estimate of drug-likeness (QED) is 0.338. The van der Waals surface area contributed by atoms with Gasteiger partial charge in [0.15, 0.2) is 5.78 Å². The number of fused-ring (bicyclic) bond motifs is 2. The van der Waals surface area contributed by atoms with Crippen LogP contribution in [-0.2, 0) is 27.2 Å². The van der Waals surface area contributed by atoms with Gasteiger partial charge in [0.05, 0.1) is 28.7 Å². The van der Waals surface area contributed by atoms with E-state index in [-0.39, 0.29) is 18.1 Å². The van der Waals surface area contributed by atoms with E-state index in [0.717, 1.165) is 27.7 Å². The number of nitrogens with zero attached hydrogens (tertiary/aromatic N) is 2. The van der Waals surface area contributed by atoms with Crippen LogP contribution in [0.15, 0.2) is 65.9 Å². The third-order valence-electron chi connectivity index (χ3n) is 7.83. The monoisotopic (exact) mass is 528 g/mol. The second-order valence-electron chi connectivity index (χ2n) is 11.2. The molecule has 2 unspecified atom stereocenters. The average Bonchev–Trinajstić information content (AvgIpc) is 3.45. The van der Waals surface area contributed by atoms with Crippen LogP contribution >= 0.6 is 0 Å². The third-order valence-corrected chi connectivity index (χ3v) is 7.83. The normalized spacial score (nSPS) is 21.9. The van der Waals surface area contributed by atoms with Gasteiger partial charge in [-0.05, 0) is 50.8 Å². The van der Waals surface area contributed by atoms with Crippen molar-refractivity contribution in [2.45, 2.75) is 57.7 Å². The number of aromatic nitrogens is 1. The lowest BCUT2D eigenvalue weighted by molar-refractivity contribution is -0.138. The number of benzene rings is 2. The smallest absolute Gasteiger partial charge is 0.255 e. The molecular weight excluding hydrogens is 492 g/mol. The fourth-order valence-electron chi connectivity index (χ4n) is 5.65. The molecule has 0 radical (unpaired) electrons. The summed E-state index contributed by atoms with van der Waals surface area (Å²) in [5, 5.41) is 13.4. The van der Waals surface area contributed by atoms with Crippen LogP contribution < -0.4 is 16.4 Å². The van der Waals surface area contributed by atoms with Gasteiger partial charge < -0.3 is 21.4 Å². The Bertz CT molecular complexity index is 1420. The highest BCUT2D eigenvalue weighted by atomic mass is 16.2. The van der Waals surface area contributed by atoms with Crippen molar-refractivity contribution in [1.82, 2.24) is 20.6 Å². The summed E-state index contributed by atoms with van der Waals surface area (Å²) in [5.41, 5.74) is 7.66. The number of ketones is 1. The Hall–Kier alpha value is -3.82. The summed E-state index contributed by atoms with van der Waals surface area (Å²) in [7, 11) is 0. The summed E-state index contributed by atoms with van der Waals surface area (Å²) >= 11 is 0. The Morgan fingerprint density at radius 2 is 1.90 bits per heavy atom. The molecule has 9 nitrogen and oxygen atoms in total. The Kier molecular flexibility index (Phi) is 7.13. The summed E-state index contributed by atoms with van der Waals surface area (Å²) < 4.78 is 0. The van der Waals surface area contributed by atoms with Crippen molar-refractivity contribution in [2.75, 3.05) is 13.1 Å². The van der Waals surface area contributed by atoms with E-state index in [1.165, 1.54) is 5.01 Å². The van der Waals surface area contributed by atoms with Crippen LogP contribution in [0.1, 0.15) is 38.3 Å². The fraction of sp³-hybridized carbons (Fsp3) is 0.400. The molecule has 3 atom stereocenters. The van der Waals surface area contributed by atoms with Crippen molar-refractivity contribution in [3.63, 3.8) is 0 Å². The highest BCUT2D eigenvalue weighted by Crippen LogP contribution is 2.40. The van der Waals surface area contributed by atoms with Gasteiger partial charge in [-0.25, -0.2) is 5.01 Å². The molecule has 2 aliphatic rings. The summed E-state index contributed by atoms with van der Waals surface area (Å²) in [5.74, 6) is -0.664. The van der Waals surface area contributed by atoms with Crippen molar-refractivity contribution in [3.05, 3.63) is 71.9 Å². The summed E-state index contributed by atoms with van der Waals surface area (Å²) in [6.07, 6.45) is 2.90. The van der Waals surface area contributed by atoms with Gasteiger partial charge >= 0.3 is 0 Å². The van der Waals surface area contributed by atoms with Crippen LogP contribution in [0.5, 0.6) is 0 Å². The second-order valence-corrected chi connectivity index (χ2v) is 11.2. The molecule has 39 heavy (non-hydrogen) atoms. The van der Waals surface area contributed by atoms with E-state index in [1.54, 1.807) is 13.8 Å². The Labute approximate surface area is 228 Å². The molecule has 0 saturated carbocycles. The molecule has 1 fully saturated rings. The number of nitrogens with two attached hydrogens (primary N) is 1. The number of hydrazone groups is 1. The maximum atomic E-state index is 14.2. The predicted octanol–water partition coefficient (Wildman–Crippen LogP) is 2.31. The Morgan fingerprint density at radius 1 is 1.18 bits per heavy atom. The van der Waals surface area contributed by atoms with Crippen LogP contribution in [-0.4, -0.2) is 64.0 Å². The maximum Gasteiger partial charge on any atom is 0.255 e. The summed E-state index contributed by atoms with van der Waals surface area (Å²) in [6, 6.07) is 16.2. The molecule has 1 aromatic heterocycles. The topological polar surface area (TPSA) is 133 Å². The van der Waals surface area contributed by atoms with E-state index in [9.17, 15) is 14.4 Å². The zero-order chi connectivity index (χ0) is 27.8. The van der Waals surface area contributed by atoms with Gasteiger partial charge in [0.25, 0.3) is 5.91 Å². The number of amides is 2. The molecule has 0 spiro atoms. The first-order chi connectivity index (χ1) is 18.6. The Morgan fingerprint density at radius 3 is 2.62 bits per heavy atom. The van der Waals surface area contributed by atoms with E-state index in [0.29, 0.717) is 25.9 Å². The molecule has 204 valence electrons. The molecule has 0 bridgehead atoms. The van der Waals surface area contributed by atoms with E-state index < -0.39 is 28.9 Å². The van der Waals surface area contributed by atoms with Gasteiger partial charge in [0.2, 0.25) is 5.91 Å². The molecule has 3 heterocycles. The Balaban J connectivity index is 1.46. The number of H-pyrrole nitrogens is 1. The molecule has 5 N–H and O–H groups in total. The lowest BCUT2D eigenvalue weighted by Gasteiger charge is -2.38. The van der Waals surface area contributed by atoms with Gasteiger partial charge in [0.1, 0.15) is 0 Å². The molecule has 2 aromatic carbocycles. The molecule has 2 amide bonds. The highest BCUT2D eigenvalue weighted by molar-refractivity contribution is 6.15. The minimum Gasteiger partial charge on any atom is -0.361 e. The highest BCUT2D eigenvalue weighted by Gasteiger charge is 2.55. The first-order valence-electron chi connectivity index (χ1n) is 13.5. The summed E-state index contributed by atoms with van der Waals surface area (Å²) in [4.78, 5) is 44.1. The van der Waals surface area contributed by atoms with E-state index >= 15 is 0 Å². The van der Waals surface area contributed by atoms with Crippen molar-refractivity contribution in [2.24, 2.45) is 16.3 Å². The van der Waals surface area contributed by atoms with Gasteiger partial charge in [-0.2, -0.15) is 5.10 Å². The van der Waals surface area contributed by atoms with Crippen molar-refractivity contribution in [3.8, 4) is 0 Å². The van der Waals surface area contributed by atoms with Gasteiger partial charge in [0, 0.05) is 36.6 Å². The number of carbonyl (C=O) groups excluding carboxylic acids is 3. The van der Waals surface area contributed by atoms with Crippen LogP contribution in [0.3, 0.4) is 0 Å². The summed E-state index contributed by atoms with van der Waals surface area (Å²) in [6.45, 7) is 5.90. The maximum absolute atomic E-state index is 14.2. The lowest BCUT2D eigenvalue weighted by atomic mass is 9.69. The standard InChI is InChI=1S/C30H36N6O3/c1-4-36-28(39)30(15-19-10-6-5-7-11-19)16-24(33-18-25(30)35-36)26(37)23(34-27(38)29(2,3)31)14-20-17-32-22-13-9-8-12-21(20)22/h5-13,17,23-24,32-33H,4,14-16,18,31H2,1-3H3,(H,34,38)/t23-,24?,30?/m1/s1. The zero-order valence-corrected chi connectivity index (χ0v) is 22.7. The number of hydrogen-bond acceptors (Lipinski definition) is 6. The first-order valence-corrected chi connectivity index (χ1v) is 13.5. The molecular formula is C30H36N6O3. The zero-order valence-electron chi connectivity index (χ0n) is 22.7. The van der Waals surface area contributed by atoms with Crippen LogP contribution in [0.2, 0.25) is 0 Å². The number of hydrogen-bond donors (Lipinski definition) is 4. The average molecular weight is 529 g/mol. The molecule has 5 rings (SSSR count). The van der Waals surface area contributed by atoms with E-state index in [4.69, 9.17) is 5.73 Å². The lowest BCUT2D eigenvalue weighted by Crippen LogP contribution is -2.62. The minimum absolute atomic E-state index is 0.0801. The van der Waals surface area contributed by atoms with Crippen molar-refractivity contribution < 1.29 is 14.4 Å². The molecule has 2 aliphatic heterocycles. The largest absolute Gasteiger partial charge is 0.361 e. The van der Waals surface area contributed by atoms with Gasteiger partial charge in [-0.1, -0.05) is 48.5 Å². The second kappa shape index (κ2) is 10.4. The molecule has 1 saturated heterocycles. The predicted molar refractivity (Wildman–Crippen MR) is 151 cm³/mol. The number of piperidine rings is 1. The van der Waals surface area contributed by atoms with Crippen LogP contribution in [0.25, 0.3) is 10.9 Å². The molecule has 9 heteroatoms. The number of Topliss-reactive ketones (excluding diaryl/α,β-unsaturated/α-hetero) is 1. The molecule has 0 aliphatic carbocycles. The van der Waals surface area contributed by atoms with E-state index in [1.807, 2.05) is 67.7 Å². The number of rotatable bonds is 9. The van der Waals surface area contributed by atoms with Gasteiger partial charge in [-0.15, -0.1) is 0 Å². The number of carbonyl (C=O) groups is 3. The fourth-order valence-corrected chi connectivity index (χ4v) is 5.65. The number of nitrogens with one attached hydrogen (secondary N) is 3. The van der Waals surface area contributed by atoms with Crippen molar-refractivity contribution in [1.29, 1.82) is 0 Å². The van der Waals surface area contributed by atoms with Gasteiger partial charge in [-0.3, -0.25) is 14.4 Å². The van der Waals surface area contributed by atoms with Crippen LogP contribution in [0, 0.1) is 5.41 Å².